The number of benzene rings is 1. The van der Waals surface area contributed by atoms with Gasteiger partial charge >= 0.3 is 12.1 Å². The molecule has 0 radical (unpaired) electrons. The molecule has 0 saturated heterocycles. The second-order valence-electron chi connectivity index (χ2n) is 9.57. The molecule has 0 saturated carbocycles. The number of fused-ring (bicyclic) bond motifs is 1. The number of carbonyl (C=O) groups is 2. The molecule has 1 aliphatic heterocycles. The number of aryl methyl sites for hydroxylation is 1. The van der Waals surface area contributed by atoms with Crippen molar-refractivity contribution in [2.24, 2.45) is 0 Å². The molecule has 2 unspecified atom stereocenters. The van der Waals surface area contributed by atoms with Gasteiger partial charge in [-0.3, -0.25) is 4.79 Å². The van der Waals surface area contributed by atoms with Gasteiger partial charge in [-0.05, 0) is 65.7 Å². The number of alkyl carbamates (subject to hydrolysis) is 1. The van der Waals surface area contributed by atoms with Gasteiger partial charge in [0, 0.05) is 30.0 Å². The van der Waals surface area contributed by atoms with Gasteiger partial charge in [-0.15, -0.1) is 0 Å². The Bertz CT molecular complexity index is 961. The van der Waals surface area contributed by atoms with Crippen molar-refractivity contribution in [3.8, 4) is 11.3 Å². The van der Waals surface area contributed by atoms with Crippen molar-refractivity contribution in [2.45, 2.75) is 84.7 Å². The molecule has 0 aliphatic carbocycles. The summed E-state index contributed by atoms with van der Waals surface area (Å²) in [6, 6.07) is 6.15. The third-order valence-electron chi connectivity index (χ3n) is 4.98. The van der Waals surface area contributed by atoms with Crippen molar-refractivity contribution in [3.05, 3.63) is 36.3 Å². The summed E-state index contributed by atoms with van der Waals surface area (Å²) in [5.41, 5.74) is 3.26. The fourth-order valence-corrected chi connectivity index (χ4v) is 3.72. The minimum Gasteiger partial charge on any atom is -0.460 e. The maximum Gasteiger partial charge on any atom is 0.407 e. The Kier molecular flexibility index (Phi) is 7.11. The van der Waals surface area contributed by atoms with Crippen molar-refractivity contribution < 1.29 is 19.1 Å². The van der Waals surface area contributed by atoms with Crippen molar-refractivity contribution >= 4 is 17.7 Å². The summed E-state index contributed by atoms with van der Waals surface area (Å²) >= 11 is 0. The van der Waals surface area contributed by atoms with E-state index in [9.17, 15) is 9.59 Å². The van der Waals surface area contributed by atoms with Gasteiger partial charge < -0.3 is 24.7 Å². The molecule has 1 aromatic heterocycles. The van der Waals surface area contributed by atoms with Crippen LogP contribution in [0.15, 0.2) is 30.7 Å². The molecular weight excluding hydrogens is 408 g/mol. The van der Waals surface area contributed by atoms with Gasteiger partial charge in [0.25, 0.3) is 0 Å². The van der Waals surface area contributed by atoms with Gasteiger partial charge in [-0.2, -0.15) is 0 Å². The van der Waals surface area contributed by atoms with E-state index in [4.69, 9.17) is 9.47 Å². The van der Waals surface area contributed by atoms with Crippen LogP contribution in [0.2, 0.25) is 0 Å². The Balaban J connectivity index is 1.73. The van der Waals surface area contributed by atoms with E-state index in [2.05, 4.69) is 28.6 Å². The maximum absolute atomic E-state index is 12.2. The molecule has 8 nitrogen and oxygen atoms in total. The highest BCUT2D eigenvalue weighted by molar-refractivity contribution is 5.72. The van der Waals surface area contributed by atoms with E-state index >= 15 is 0 Å². The average Bonchev–Trinajstić information content (AvgIpc) is 3.13. The summed E-state index contributed by atoms with van der Waals surface area (Å²) < 4.78 is 12.5. The number of rotatable bonds is 6. The normalized spacial score (nSPS) is 18.0. The summed E-state index contributed by atoms with van der Waals surface area (Å²) in [6.07, 6.45) is 4.08. The lowest BCUT2D eigenvalue weighted by molar-refractivity contribution is -0.155. The molecule has 0 bridgehead atoms. The lowest BCUT2D eigenvalue weighted by Gasteiger charge is -2.32. The van der Waals surface area contributed by atoms with Crippen LogP contribution >= 0.6 is 0 Å². The SMILES string of the molecule is CC1CC(NC(=O)OC(C)C)c2cc(-c3cn(CCC(=O)OC(C)(C)C)cn3)ccc2N1. The topological polar surface area (TPSA) is 94.5 Å². The molecule has 8 heteroatoms. The Hall–Kier alpha value is -3.03. The van der Waals surface area contributed by atoms with Crippen molar-refractivity contribution in [1.82, 2.24) is 14.9 Å². The van der Waals surface area contributed by atoms with Crippen molar-refractivity contribution in [2.75, 3.05) is 5.32 Å². The van der Waals surface area contributed by atoms with Crippen molar-refractivity contribution in [3.63, 3.8) is 0 Å². The number of hydrogen-bond acceptors (Lipinski definition) is 6. The van der Waals surface area contributed by atoms with Crippen LogP contribution in [0, 0.1) is 0 Å². The monoisotopic (exact) mass is 442 g/mol. The number of ether oxygens (including phenoxy) is 2. The number of amides is 1. The third kappa shape index (κ3) is 6.48. The minimum atomic E-state index is -0.488. The zero-order valence-corrected chi connectivity index (χ0v) is 19.8. The van der Waals surface area contributed by atoms with Gasteiger partial charge in [-0.1, -0.05) is 6.07 Å². The quantitative estimate of drug-likeness (QED) is 0.632. The molecule has 32 heavy (non-hydrogen) atoms. The van der Waals surface area contributed by atoms with E-state index in [1.807, 2.05) is 57.5 Å². The number of anilines is 1. The van der Waals surface area contributed by atoms with E-state index in [0.717, 1.165) is 28.9 Å². The van der Waals surface area contributed by atoms with E-state index < -0.39 is 11.7 Å². The van der Waals surface area contributed by atoms with Crippen LogP contribution in [0.5, 0.6) is 0 Å². The summed E-state index contributed by atoms with van der Waals surface area (Å²) in [7, 11) is 0. The second-order valence-corrected chi connectivity index (χ2v) is 9.57. The zero-order chi connectivity index (χ0) is 23.5. The molecule has 0 spiro atoms. The molecule has 174 valence electrons. The predicted octanol–water partition coefficient (Wildman–Crippen LogP) is 4.66. The number of nitrogens with zero attached hydrogens (tertiary/aromatic N) is 2. The smallest absolute Gasteiger partial charge is 0.407 e. The molecule has 2 aromatic rings. The Morgan fingerprint density at radius 1 is 1.31 bits per heavy atom. The maximum atomic E-state index is 12.2. The molecule has 2 N–H and O–H groups in total. The molecule has 2 atom stereocenters. The van der Waals surface area contributed by atoms with Gasteiger partial charge in [0.1, 0.15) is 5.60 Å². The Morgan fingerprint density at radius 2 is 2.06 bits per heavy atom. The number of aromatic nitrogens is 2. The van der Waals surface area contributed by atoms with Gasteiger partial charge in [0.2, 0.25) is 0 Å². The molecular formula is C24H34N4O4. The van der Waals surface area contributed by atoms with E-state index in [-0.39, 0.29) is 30.6 Å². The van der Waals surface area contributed by atoms with Crippen LogP contribution < -0.4 is 10.6 Å². The summed E-state index contributed by atoms with van der Waals surface area (Å²) in [4.78, 5) is 28.7. The largest absolute Gasteiger partial charge is 0.460 e. The lowest BCUT2D eigenvalue weighted by atomic mass is 9.92. The first-order valence-corrected chi connectivity index (χ1v) is 11.1. The van der Waals surface area contributed by atoms with Crippen LogP contribution in [0.1, 0.15) is 66.0 Å². The first kappa shape index (κ1) is 23.6. The minimum absolute atomic E-state index is 0.151. The highest BCUT2D eigenvalue weighted by Gasteiger charge is 2.27. The molecule has 0 fully saturated rings. The number of esters is 1. The molecule has 1 aromatic carbocycles. The van der Waals surface area contributed by atoms with Crippen LogP contribution in [0.4, 0.5) is 10.5 Å². The summed E-state index contributed by atoms with van der Waals surface area (Å²) in [5.74, 6) is -0.232. The molecule has 1 amide bonds. The Morgan fingerprint density at radius 3 is 2.75 bits per heavy atom. The number of carbonyl (C=O) groups excluding carboxylic acids is 2. The van der Waals surface area contributed by atoms with Crippen LogP contribution in [-0.4, -0.2) is 39.4 Å². The molecule has 2 heterocycles. The van der Waals surface area contributed by atoms with E-state index in [0.29, 0.717) is 6.54 Å². The molecule has 1 aliphatic rings. The standard InChI is InChI=1S/C24H34N4O4/c1-15(2)31-23(30)27-20-11-16(3)26-19-8-7-17(12-18(19)20)21-13-28(14-25-21)10-9-22(29)32-24(4,5)6/h7-8,12-16,20,26H,9-11H2,1-6H3,(H,27,30). The number of hydrogen-bond donors (Lipinski definition) is 2. The average molecular weight is 443 g/mol. The first-order valence-electron chi connectivity index (χ1n) is 11.1. The Labute approximate surface area is 189 Å². The highest BCUT2D eigenvalue weighted by Crippen LogP contribution is 2.35. The van der Waals surface area contributed by atoms with E-state index in [1.54, 1.807) is 6.33 Å². The van der Waals surface area contributed by atoms with Gasteiger partial charge in [0.15, 0.2) is 0 Å². The van der Waals surface area contributed by atoms with Gasteiger partial charge in [-0.25, -0.2) is 9.78 Å². The van der Waals surface area contributed by atoms with Crippen molar-refractivity contribution in [1.29, 1.82) is 0 Å². The summed E-state index contributed by atoms with van der Waals surface area (Å²) in [5, 5.41) is 6.46. The van der Waals surface area contributed by atoms with Gasteiger partial charge in [0.05, 0.1) is 30.6 Å². The van der Waals surface area contributed by atoms with Crippen LogP contribution in [0.25, 0.3) is 11.3 Å². The highest BCUT2D eigenvalue weighted by atomic mass is 16.6. The fourth-order valence-electron chi connectivity index (χ4n) is 3.72. The van der Waals surface area contributed by atoms with E-state index in [1.165, 1.54) is 0 Å². The first-order chi connectivity index (χ1) is 15.0. The van der Waals surface area contributed by atoms with Crippen LogP contribution in [0.3, 0.4) is 0 Å². The van der Waals surface area contributed by atoms with Crippen LogP contribution in [-0.2, 0) is 20.8 Å². The number of nitrogens with one attached hydrogen (secondary N) is 2. The lowest BCUT2D eigenvalue weighted by Crippen LogP contribution is -2.37. The fraction of sp³-hybridized carbons (Fsp3) is 0.542. The number of imidazole rings is 1. The summed E-state index contributed by atoms with van der Waals surface area (Å²) in [6.45, 7) is 11.8. The predicted molar refractivity (Wildman–Crippen MR) is 123 cm³/mol. The third-order valence-corrected chi connectivity index (χ3v) is 4.98. The molecule has 3 rings (SSSR count). The zero-order valence-electron chi connectivity index (χ0n) is 19.8. The second kappa shape index (κ2) is 9.63.